The summed E-state index contributed by atoms with van der Waals surface area (Å²) in [5.41, 5.74) is 7.65. The van der Waals surface area contributed by atoms with Crippen molar-refractivity contribution in [3.8, 4) is 6.07 Å². The van der Waals surface area contributed by atoms with Crippen molar-refractivity contribution in [2.75, 3.05) is 16.0 Å². The average Bonchev–Trinajstić information content (AvgIpc) is 2.76. The number of hydrogen-bond acceptors (Lipinski definition) is 6. The van der Waals surface area contributed by atoms with Crippen LogP contribution in [0, 0.1) is 21.4 Å². The topological polar surface area (TPSA) is 125 Å². The van der Waals surface area contributed by atoms with Crippen molar-refractivity contribution >= 4 is 34.3 Å². The number of hydrogen-bond donors (Lipinski definition) is 2. The number of rotatable bonds is 6. The molecule has 0 heterocycles. The molecule has 3 aromatic rings. The first-order chi connectivity index (χ1) is 14.5. The second-order valence-corrected chi connectivity index (χ2v) is 6.21. The van der Waals surface area contributed by atoms with Gasteiger partial charge in [0.1, 0.15) is 11.6 Å². The molecule has 8 heteroatoms. The van der Waals surface area contributed by atoms with Crippen LogP contribution in [0.4, 0.5) is 28.4 Å². The van der Waals surface area contributed by atoms with Crippen LogP contribution >= 0.6 is 0 Å². The summed E-state index contributed by atoms with van der Waals surface area (Å²) in [5.74, 6) is -0.686. The van der Waals surface area contributed by atoms with Crippen LogP contribution < -0.4 is 16.0 Å². The molecule has 148 valence electrons. The molecule has 0 atom stereocenters. The maximum Gasteiger partial charge on any atom is 0.271 e. The Bertz CT molecular complexity index is 1140. The number of carbonyl (C=O) groups is 1. The van der Waals surface area contributed by atoms with Gasteiger partial charge in [-0.15, -0.1) is 0 Å². The highest BCUT2D eigenvalue weighted by molar-refractivity contribution is 6.07. The van der Waals surface area contributed by atoms with E-state index in [-0.39, 0.29) is 16.9 Å². The van der Waals surface area contributed by atoms with Crippen molar-refractivity contribution in [3.05, 3.63) is 101 Å². The molecule has 3 rings (SSSR count). The van der Waals surface area contributed by atoms with Gasteiger partial charge in [0.2, 0.25) is 0 Å². The largest absolute Gasteiger partial charge is 0.399 e. The summed E-state index contributed by atoms with van der Waals surface area (Å²) >= 11 is 0. The van der Waals surface area contributed by atoms with E-state index in [1.807, 2.05) is 36.4 Å². The predicted molar refractivity (Wildman–Crippen MR) is 115 cm³/mol. The second kappa shape index (κ2) is 9.03. The summed E-state index contributed by atoms with van der Waals surface area (Å²) in [6.45, 7) is 0. The highest BCUT2D eigenvalue weighted by Gasteiger charge is 2.15. The van der Waals surface area contributed by atoms with E-state index < -0.39 is 10.8 Å². The lowest BCUT2D eigenvalue weighted by molar-refractivity contribution is -0.384. The SMILES string of the molecule is N#C/C(=C/N(c1ccccc1)c1ccc(N)cc1)C(=O)Nc1cccc([N+](=O)[O-])c1. The first-order valence-corrected chi connectivity index (χ1v) is 8.85. The van der Waals surface area contributed by atoms with E-state index in [2.05, 4.69) is 5.32 Å². The van der Waals surface area contributed by atoms with Crippen molar-refractivity contribution in [3.63, 3.8) is 0 Å². The number of benzene rings is 3. The lowest BCUT2D eigenvalue weighted by Crippen LogP contribution is -2.18. The van der Waals surface area contributed by atoms with E-state index in [0.29, 0.717) is 11.4 Å². The van der Waals surface area contributed by atoms with Crippen LogP contribution in [0.15, 0.2) is 90.6 Å². The molecule has 0 bridgehead atoms. The summed E-state index contributed by atoms with van der Waals surface area (Å²) in [4.78, 5) is 24.7. The number of non-ortho nitro benzene ring substituents is 1. The average molecular weight is 399 g/mol. The molecule has 0 aromatic heterocycles. The number of nitrogens with two attached hydrogens (primary N) is 1. The van der Waals surface area contributed by atoms with Crippen LogP contribution in [0.25, 0.3) is 0 Å². The molecule has 8 nitrogen and oxygen atoms in total. The molecule has 3 N–H and O–H groups in total. The normalized spacial score (nSPS) is 10.7. The zero-order valence-electron chi connectivity index (χ0n) is 15.7. The first kappa shape index (κ1) is 20.1. The third-order valence-electron chi connectivity index (χ3n) is 4.14. The molecule has 30 heavy (non-hydrogen) atoms. The molecule has 0 aliphatic rings. The quantitative estimate of drug-likeness (QED) is 0.208. The van der Waals surface area contributed by atoms with Gasteiger partial charge in [-0.1, -0.05) is 24.3 Å². The van der Waals surface area contributed by atoms with E-state index in [1.165, 1.54) is 30.5 Å². The van der Waals surface area contributed by atoms with Crippen molar-refractivity contribution in [1.82, 2.24) is 0 Å². The molecule has 0 fully saturated rings. The number of nitrogens with one attached hydrogen (secondary N) is 1. The molecule has 0 radical (unpaired) electrons. The van der Waals surface area contributed by atoms with Crippen LogP contribution in [0.5, 0.6) is 0 Å². The third-order valence-corrected chi connectivity index (χ3v) is 4.14. The van der Waals surface area contributed by atoms with Crippen molar-refractivity contribution in [1.29, 1.82) is 5.26 Å². The Labute approximate surface area is 172 Å². The number of anilines is 4. The smallest absolute Gasteiger partial charge is 0.271 e. The Morgan fingerprint density at radius 1 is 1.03 bits per heavy atom. The zero-order chi connectivity index (χ0) is 21.5. The Morgan fingerprint density at radius 3 is 2.33 bits per heavy atom. The number of amides is 1. The van der Waals surface area contributed by atoms with Gasteiger partial charge in [0.05, 0.1) is 4.92 Å². The van der Waals surface area contributed by atoms with E-state index in [4.69, 9.17) is 5.73 Å². The van der Waals surface area contributed by atoms with E-state index in [0.717, 1.165) is 5.69 Å². The van der Waals surface area contributed by atoms with Crippen molar-refractivity contribution < 1.29 is 9.72 Å². The van der Waals surface area contributed by atoms with Crippen molar-refractivity contribution in [2.24, 2.45) is 0 Å². The minimum Gasteiger partial charge on any atom is -0.399 e. The minimum absolute atomic E-state index is 0.164. The maximum absolute atomic E-state index is 12.7. The fourth-order valence-corrected chi connectivity index (χ4v) is 2.68. The molecular weight excluding hydrogens is 382 g/mol. The Hall–Kier alpha value is -4.64. The van der Waals surface area contributed by atoms with Crippen LogP contribution in [0.2, 0.25) is 0 Å². The number of para-hydroxylation sites is 1. The number of nitrogens with zero attached hydrogens (tertiary/aromatic N) is 3. The van der Waals surface area contributed by atoms with Gasteiger partial charge in [0, 0.05) is 41.1 Å². The number of nitrogen functional groups attached to an aromatic ring is 1. The lowest BCUT2D eigenvalue weighted by atomic mass is 10.2. The van der Waals surface area contributed by atoms with Crippen LogP contribution in [0.3, 0.4) is 0 Å². The standard InChI is InChI=1S/C22H17N5O3/c23-14-16(22(28)25-18-5-4-8-21(13-18)27(29)30)15-26(19-6-2-1-3-7-19)20-11-9-17(24)10-12-20/h1-13,15H,24H2,(H,25,28)/b16-15-. The Kier molecular flexibility index (Phi) is 6.05. The predicted octanol–water partition coefficient (Wildman–Crippen LogP) is 4.36. The highest BCUT2D eigenvalue weighted by atomic mass is 16.6. The minimum atomic E-state index is -0.686. The Morgan fingerprint density at radius 2 is 1.70 bits per heavy atom. The molecule has 0 saturated carbocycles. The van der Waals surface area contributed by atoms with Gasteiger partial charge in [-0.3, -0.25) is 14.9 Å². The number of nitro groups is 1. The van der Waals surface area contributed by atoms with E-state index in [9.17, 15) is 20.2 Å². The molecule has 3 aromatic carbocycles. The van der Waals surface area contributed by atoms with Crippen LogP contribution in [0.1, 0.15) is 0 Å². The van der Waals surface area contributed by atoms with Gasteiger partial charge >= 0.3 is 0 Å². The molecule has 0 aliphatic carbocycles. The number of nitriles is 1. The lowest BCUT2D eigenvalue weighted by Gasteiger charge is -2.21. The fourth-order valence-electron chi connectivity index (χ4n) is 2.68. The molecular formula is C22H17N5O3. The molecule has 1 amide bonds. The number of nitro benzene ring substituents is 1. The summed E-state index contributed by atoms with van der Waals surface area (Å²) in [7, 11) is 0. The molecule has 0 unspecified atom stereocenters. The van der Waals surface area contributed by atoms with Gasteiger partial charge in [0.15, 0.2) is 0 Å². The van der Waals surface area contributed by atoms with Crippen LogP contribution in [-0.4, -0.2) is 10.8 Å². The summed E-state index contributed by atoms with van der Waals surface area (Å²) in [6.07, 6.45) is 1.41. The van der Waals surface area contributed by atoms with Crippen LogP contribution in [-0.2, 0) is 4.79 Å². The molecule has 0 aliphatic heterocycles. The first-order valence-electron chi connectivity index (χ1n) is 8.85. The van der Waals surface area contributed by atoms with Gasteiger partial charge < -0.3 is 16.0 Å². The summed E-state index contributed by atoms with van der Waals surface area (Å²) in [6, 6.07) is 23.6. The monoisotopic (exact) mass is 399 g/mol. The fraction of sp³-hybridized carbons (Fsp3) is 0. The van der Waals surface area contributed by atoms with Gasteiger partial charge in [0.25, 0.3) is 11.6 Å². The summed E-state index contributed by atoms with van der Waals surface area (Å²) in [5, 5.41) is 23.0. The maximum atomic E-state index is 12.7. The Balaban J connectivity index is 1.95. The van der Waals surface area contributed by atoms with E-state index >= 15 is 0 Å². The third kappa shape index (κ3) is 4.79. The molecule has 0 spiro atoms. The van der Waals surface area contributed by atoms with E-state index in [1.54, 1.807) is 29.2 Å². The van der Waals surface area contributed by atoms with Gasteiger partial charge in [-0.25, -0.2) is 0 Å². The second-order valence-electron chi connectivity index (χ2n) is 6.21. The zero-order valence-corrected chi connectivity index (χ0v) is 15.7. The van der Waals surface area contributed by atoms with Crippen molar-refractivity contribution in [2.45, 2.75) is 0 Å². The highest BCUT2D eigenvalue weighted by Crippen LogP contribution is 2.27. The van der Waals surface area contributed by atoms with Gasteiger partial charge in [-0.05, 0) is 42.5 Å². The van der Waals surface area contributed by atoms with Gasteiger partial charge in [-0.2, -0.15) is 5.26 Å². The summed E-state index contributed by atoms with van der Waals surface area (Å²) < 4.78 is 0. The number of carbonyl (C=O) groups excluding carboxylic acids is 1. The molecule has 0 saturated heterocycles.